The quantitative estimate of drug-likeness (QED) is 0.197. The number of benzene rings is 3. The molecule has 2 N–H and O–H groups in total. The first-order valence-corrected chi connectivity index (χ1v) is 12.0. The van der Waals surface area contributed by atoms with Crippen molar-refractivity contribution in [2.24, 2.45) is 5.10 Å². The zero-order valence-corrected chi connectivity index (χ0v) is 20.4. The highest BCUT2D eigenvalue weighted by atomic mass is 35.5. The highest BCUT2D eigenvalue weighted by Crippen LogP contribution is 2.28. The molecule has 0 fully saturated rings. The molecule has 0 saturated carbocycles. The maximum Gasteiger partial charge on any atom is 0.271 e. The van der Waals surface area contributed by atoms with Gasteiger partial charge in [-0.2, -0.15) is 5.10 Å². The molecule has 0 saturated heterocycles. The summed E-state index contributed by atoms with van der Waals surface area (Å²) in [6, 6.07) is 19.8. The number of carbonyl (C=O) groups excluding carboxylic acids is 1. The van der Waals surface area contributed by atoms with Gasteiger partial charge in [0.25, 0.3) is 5.91 Å². The number of aromatic nitrogens is 1. The van der Waals surface area contributed by atoms with Crippen LogP contribution < -0.4 is 15.5 Å². The maximum atomic E-state index is 12.5. The van der Waals surface area contributed by atoms with E-state index in [2.05, 4.69) is 20.8 Å². The van der Waals surface area contributed by atoms with Crippen LogP contribution in [0.25, 0.3) is 11.3 Å². The summed E-state index contributed by atoms with van der Waals surface area (Å²) in [6.45, 7) is 2.41. The van der Waals surface area contributed by atoms with E-state index >= 15 is 0 Å². The van der Waals surface area contributed by atoms with Crippen LogP contribution in [0.3, 0.4) is 0 Å². The number of rotatable bonds is 8. The summed E-state index contributed by atoms with van der Waals surface area (Å²) in [5.41, 5.74) is 6.31. The standard InChI is InChI=1S/C25H20Cl2N4O2S/c1-2-33-23-12-9-20(27)13-18(23)14-28-31-24(32)17-5-3-16(4-6-17)22-15-34-25(30-22)29-21-10-7-19(26)8-11-21/h3-15H,2H2,1H3,(H,29,30)(H,31,32). The second-order valence-corrected chi connectivity index (χ2v) is 8.79. The Morgan fingerprint density at radius 3 is 2.53 bits per heavy atom. The molecular formula is C25H20Cl2N4O2S. The number of hydrogen-bond acceptors (Lipinski definition) is 6. The molecular weight excluding hydrogens is 491 g/mol. The van der Waals surface area contributed by atoms with Gasteiger partial charge in [0.15, 0.2) is 5.13 Å². The molecule has 0 aliphatic heterocycles. The molecule has 1 aromatic heterocycles. The smallest absolute Gasteiger partial charge is 0.271 e. The molecule has 1 amide bonds. The summed E-state index contributed by atoms with van der Waals surface area (Å²) in [5.74, 6) is 0.314. The van der Waals surface area contributed by atoms with Crippen molar-refractivity contribution in [1.29, 1.82) is 0 Å². The van der Waals surface area contributed by atoms with E-state index in [1.165, 1.54) is 17.6 Å². The highest BCUT2D eigenvalue weighted by Gasteiger charge is 2.09. The van der Waals surface area contributed by atoms with Crippen LogP contribution in [0.5, 0.6) is 5.75 Å². The second-order valence-electron chi connectivity index (χ2n) is 7.06. The Kier molecular flexibility index (Phi) is 7.80. The molecule has 0 unspecified atom stereocenters. The number of nitrogens with zero attached hydrogens (tertiary/aromatic N) is 2. The van der Waals surface area contributed by atoms with Gasteiger partial charge in [-0.15, -0.1) is 11.3 Å². The van der Waals surface area contributed by atoms with E-state index < -0.39 is 0 Å². The van der Waals surface area contributed by atoms with E-state index in [1.807, 2.05) is 48.7 Å². The molecule has 6 nitrogen and oxygen atoms in total. The third-order valence-electron chi connectivity index (χ3n) is 4.68. The first-order valence-electron chi connectivity index (χ1n) is 10.4. The normalized spacial score (nSPS) is 10.9. The molecule has 0 radical (unpaired) electrons. The van der Waals surface area contributed by atoms with Crippen LogP contribution in [-0.2, 0) is 0 Å². The SMILES string of the molecule is CCOc1ccc(Cl)cc1C=NNC(=O)c1ccc(-c2csc(Nc3ccc(Cl)cc3)n2)cc1. The molecule has 0 aliphatic rings. The average molecular weight is 511 g/mol. The minimum Gasteiger partial charge on any atom is -0.493 e. The Hall–Kier alpha value is -3.39. The molecule has 0 bridgehead atoms. The van der Waals surface area contributed by atoms with Crippen molar-refractivity contribution in [2.45, 2.75) is 6.92 Å². The zero-order chi connectivity index (χ0) is 23.9. The van der Waals surface area contributed by atoms with Crippen LogP contribution in [0.2, 0.25) is 10.0 Å². The van der Waals surface area contributed by atoms with Crippen molar-refractivity contribution in [3.8, 4) is 17.0 Å². The molecule has 1 heterocycles. The molecule has 0 atom stereocenters. The zero-order valence-electron chi connectivity index (χ0n) is 18.1. The molecule has 0 aliphatic carbocycles. The summed E-state index contributed by atoms with van der Waals surface area (Å²) in [5, 5.41) is 11.3. The second kappa shape index (κ2) is 11.2. The molecule has 34 heavy (non-hydrogen) atoms. The predicted molar refractivity (Wildman–Crippen MR) is 140 cm³/mol. The summed E-state index contributed by atoms with van der Waals surface area (Å²) in [4.78, 5) is 17.1. The molecule has 4 aromatic rings. The number of halogens is 2. The van der Waals surface area contributed by atoms with Crippen molar-refractivity contribution in [3.05, 3.63) is 93.3 Å². The summed E-state index contributed by atoms with van der Waals surface area (Å²) in [6.07, 6.45) is 1.51. The van der Waals surface area contributed by atoms with Gasteiger partial charge in [0.2, 0.25) is 0 Å². The van der Waals surface area contributed by atoms with Crippen LogP contribution in [-0.4, -0.2) is 23.7 Å². The lowest BCUT2D eigenvalue weighted by atomic mass is 10.1. The van der Waals surface area contributed by atoms with Crippen molar-refractivity contribution in [1.82, 2.24) is 10.4 Å². The van der Waals surface area contributed by atoms with Crippen molar-refractivity contribution in [2.75, 3.05) is 11.9 Å². The number of hydrazone groups is 1. The fraction of sp³-hybridized carbons (Fsp3) is 0.0800. The minimum atomic E-state index is -0.328. The van der Waals surface area contributed by atoms with Crippen molar-refractivity contribution in [3.63, 3.8) is 0 Å². The summed E-state index contributed by atoms with van der Waals surface area (Å²) < 4.78 is 5.55. The molecule has 9 heteroatoms. The van der Waals surface area contributed by atoms with Crippen LogP contribution in [0, 0.1) is 0 Å². The maximum absolute atomic E-state index is 12.5. The van der Waals surface area contributed by atoms with Crippen LogP contribution in [0.15, 0.2) is 77.2 Å². The number of ether oxygens (including phenoxy) is 1. The Morgan fingerprint density at radius 1 is 1.06 bits per heavy atom. The Bertz CT molecular complexity index is 1310. The fourth-order valence-electron chi connectivity index (χ4n) is 3.04. The van der Waals surface area contributed by atoms with Gasteiger partial charge in [-0.3, -0.25) is 4.79 Å². The van der Waals surface area contributed by atoms with E-state index in [9.17, 15) is 4.79 Å². The number of anilines is 2. The van der Waals surface area contributed by atoms with Gasteiger partial charge in [-0.1, -0.05) is 35.3 Å². The highest BCUT2D eigenvalue weighted by molar-refractivity contribution is 7.14. The number of carbonyl (C=O) groups is 1. The van der Waals surface area contributed by atoms with Crippen LogP contribution in [0.1, 0.15) is 22.8 Å². The topological polar surface area (TPSA) is 75.6 Å². The largest absolute Gasteiger partial charge is 0.493 e. The first-order chi connectivity index (χ1) is 16.5. The van der Waals surface area contributed by atoms with Gasteiger partial charge in [0.05, 0.1) is 18.5 Å². The Morgan fingerprint density at radius 2 is 1.79 bits per heavy atom. The van der Waals surface area contributed by atoms with Gasteiger partial charge in [0, 0.05) is 37.8 Å². The Labute approximate surface area is 211 Å². The van der Waals surface area contributed by atoms with E-state index in [1.54, 1.807) is 30.3 Å². The van der Waals surface area contributed by atoms with Crippen LogP contribution >= 0.6 is 34.5 Å². The van der Waals surface area contributed by atoms with E-state index in [4.69, 9.17) is 27.9 Å². The predicted octanol–water partition coefficient (Wildman–Crippen LogP) is 7.02. The Balaban J connectivity index is 1.38. The average Bonchev–Trinajstić information content (AvgIpc) is 3.31. The monoisotopic (exact) mass is 510 g/mol. The number of thiazole rings is 1. The van der Waals surface area contributed by atoms with Gasteiger partial charge in [0.1, 0.15) is 5.75 Å². The third kappa shape index (κ3) is 6.14. The van der Waals surface area contributed by atoms with Gasteiger partial charge >= 0.3 is 0 Å². The fourth-order valence-corrected chi connectivity index (χ4v) is 4.09. The molecule has 3 aromatic carbocycles. The van der Waals surface area contributed by atoms with E-state index in [-0.39, 0.29) is 5.91 Å². The number of hydrogen-bond donors (Lipinski definition) is 2. The number of nitrogens with one attached hydrogen (secondary N) is 2. The molecule has 4 rings (SSSR count). The number of amides is 1. The van der Waals surface area contributed by atoms with Crippen molar-refractivity contribution >= 4 is 57.5 Å². The minimum absolute atomic E-state index is 0.328. The van der Waals surface area contributed by atoms with Gasteiger partial charge < -0.3 is 10.1 Å². The molecule has 172 valence electrons. The third-order valence-corrected chi connectivity index (χ3v) is 5.93. The lowest BCUT2D eigenvalue weighted by Crippen LogP contribution is -2.17. The summed E-state index contributed by atoms with van der Waals surface area (Å²) >= 11 is 13.5. The lowest BCUT2D eigenvalue weighted by Gasteiger charge is -2.07. The van der Waals surface area contributed by atoms with Crippen LogP contribution in [0.4, 0.5) is 10.8 Å². The van der Waals surface area contributed by atoms with E-state index in [0.29, 0.717) is 33.5 Å². The van der Waals surface area contributed by atoms with Gasteiger partial charge in [-0.05, 0) is 61.5 Å². The first kappa shape index (κ1) is 23.8. The van der Waals surface area contributed by atoms with Crippen molar-refractivity contribution < 1.29 is 9.53 Å². The van der Waals surface area contributed by atoms with Gasteiger partial charge in [-0.25, -0.2) is 10.4 Å². The summed E-state index contributed by atoms with van der Waals surface area (Å²) in [7, 11) is 0. The molecule has 0 spiro atoms. The lowest BCUT2D eigenvalue weighted by molar-refractivity contribution is 0.0955. The van der Waals surface area contributed by atoms with E-state index in [0.717, 1.165) is 22.1 Å².